The average Bonchev–Trinajstić information content (AvgIpc) is 2.77. The van der Waals surface area contributed by atoms with Crippen LogP contribution in [0.2, 0.25) is 10.0 Å². The highest BCUT2D eigenvalue weighted by Crippen LogP contribution is 2.29. The van der Waals surface area contributed by atoms with Gasteiger partial charge in [-0.05, 0) is 62.4 Å². The monoisotopic (exact) mass is 472 g/mol. The molecule has 2 amide bonds. The molecule has 32 heavy (non-hydrogen) atoms. The Bertz CT molecular complexity index is 1050. The summed E-state index contributed by atoms with van der Waals surface area (Å²) < 4.78 is 11.1. The van der Waals surface area contributed by atoms with Gasteiger partial charge in [0.15, 0.2) is 0 Å². The molecular formula is C24H22Cl2N2O4. The van der Waals surface area contributed by atoms with E-state index in [1.54, 1.807) is 48.5 Å². The van der Waals surface area contributed by atoms with Crippen molar-refractivity contribution in [2.75, 3.05) is 23.8 Å². The summed E-state index contributed by atoms with van der Waals surface area (Å²) in [6, 6.07) is 16.5. The smallest absolute Gasteiger partial charge is 0.259 e. The van der Waals surface area contributed by atoms with Crippen molar-refractivity contribution in [1.29, 1.82) is 0 Å². The van der Waals surface area contributed by atoms with Crippen LogP contribution in [0.3, 0.4) is 0 Å². The third kappa shape index (κ3) is 5.72. The van der Waals surface area contributed by atoms with Gasteiger partial charge in [0.05, 0.1) is 35.7 Å². The van der Waals surface area contributed by atoms with Crippen LogP contribution in [0.15, 0.2) is 60.7 Å². The molecule has 0 aliphatic rings. The molecule has 0 heterocycles. The van der Waals surface area contributed by atoms with Crippen molar-refractivity contribution in [2.24, 2.45) is 0 Å². The van der Waals surface area contributed by atoms with E-state index >= 15 is 0 Å². The van der Waals surface area contributed by atoms with E-state index in [0.717, 1.165) is 0 Å². The van der Waals surface area contributed by atoms with E-state index in [1.807, 2.05) is 13.8 Å². The number of benzene rings is 3. The molecule has 0 saturated carbocycles. The van der Waals surface area contributed by atoms with Crippen molar-refractivity contribution in [3.8, 4) is 11.5 Å². The normalized spacial score (nSPS) is 10.4. The molecule has 0 aliphatic heterocycles. The molecule has 8 heteroatoms. The van der Waals surface area contributed by atoms with E-state index in [4.69, 9.17) is 32.7 Å². The lowest BCUT2D eigenvalue weighted by Gasteiger charge is -2.15. The van der Waals surface area contributed by atoms with Gasteiger partial charge in [0.2, 0.25) is 0 Å². The Labute approximate surface area is 196 Å². The Hall–Kier alpha value is -3.22. The molecule has 2 N–H and O–H groups in total. The third-order valence-corrected chi connectivity index (χ3v) is 4.87. The maximum atomic E-state index is 13.0. The van der Waals surface area contributed by atoms with Crippen LogP contribution >= 0.6 is 23.2 Å². The molecule has 0 aromatic heterocycles. The third-order valence-electron chi connectivity index (χ3n) is 4.40. The van der Waals surface area contributed by atoms with Gasteiger partial charge in [0.1, 0.15) is 11.5 Å². The van der Waals surface area contributed by atoms with Gasteiger partial charge < -0.3 is 20.1 Å². The quantitative estimate of drug-likeness (QED) is 0.403. The molecule has 0 saturated heterocycles. The zero-order valence-corrected chi connectivity index (χ0v) is 19.1. The summed E-state index contributed by atoms with van der Waals surface area (Å²) in [6.07, 6.45) is 0. The minimum atomic E-state index is -0.421. The first-order valence-electron chi connectivity index (χ1n) is 9.99. The molecule has 6 nitrogen and oxygen atoms in total. The highest BCUT2D eigenvalue weighted by Gasteiger charge is 2.18. The van der Waals surface area contributed by atoms with E-state index < -0.39 is 11.8 Å². The van der Waals surface area contributed by atoms with Crippen LogP contribution in [0.4, 0.5) is 11.4 Å². The molecule has 0 radical (unpaired) electrons. The molecule has 3 aromatic carbocycles. The maximum Gasteiger partial charge on any atom is 0.259 e. The highest BCUT2D eigenvalue weighted by atomic mass is 35.5. The summed E-state index contributed by atoms with van der Waals surface area (Å²) in [7, 11) is 0. The van der Waals surface area contributed by atoms with Gasteiger partial charge in [0, 0.05) is 10.0 Å². The molecule has 166 valence electrons. The van der Waals surface area contributed by atoms with E-state index in [9.17, 15) is 9.59 Å². The van der Waals surface area contributed by atoms with Gasteiger partial charge in [-0.3, -0.25) is 9.59 Å². The number of para-hydroxylation sites is 2. The van der Waals surface area contributed by atoms with Crippen LogP contribution in [0.1, 0.15) is 34.6 Å². The van der Waals surface area contributed by atoms with Crippen LogP contribution in [-0.2, 0) is 0 Å². The largest absolute Gasteiger partial charge is 0.493 e. The summed E-state index contributed by atoms with van der Waals surface area (Å²) >= 11 is 12.1. The van der Waals surface area contributed by atoms with Gasteiger partial charge in [-0.2, -0.15) is 0 Å². The number of halogens is 2. The number of rotatable bonds is 8. The van der Waals surface area contributed by atoms with Crippen molar-refractivity contribution in [3.63, 3.8) is 0 Å². The summed E-state index contributed by atoms with van der Waals surface area (Å²) in [6.45, 7) is 4.45. The molecule has 3 aromatic rings. The van der Waals surface area contributed by atoms with Gasteiger partial charge >= 0.3 is 0 Å². The Morgan fingerprint density at radius 1 is 0.719 bits per heavy atom. The van der Waals surface area contributed by atoms with Gasteiger partial charge in [-0.25, -0.2) is 0 Å². The number of hydrogen-bond donors (Lipinski definition) is 2. The number of ether oxygens (including phenoxy) is 2. The summed E-state index contributed by atoms with van der Waals surface area (Å²) in [5.74, 6) is -0.0155. The standard InChI is InChI=1S/C24H22Cl2N2O4/c1-3-31-21-11-9-15(25)13-17(21)23(29)27-19-7-5-6-8-20(19)28-24(30)18-14-16(26)10-12-22(18)32-4-2/h5-14H,3-4H2,1-2H3,(H,27,29)(H,28,30). The van der Waals surface area contributed by atoms with Crippen molar-refractivity contribution >= 4 is 46.4 Å². The fourth-order valence-corrected chi connectivity index (χ4v) is 3.35. The van der Waals surface area contributed by atoms with Crippen LogP contribution < -0.4 is 20.1 Å². The minimum Gasteiger partial charge on any atom is -0.493 e. The molecule has 0 spiro atoms. The SMILES string of the molecule is CCOc1ccc(Cl)cc1C(=O)Nc1ccccc1NC(=O)c1cc(Cl)ccc1OCC. The van der Waals surface area contributed by atoms with Crippen molar-refractivity contribution in [1.82, 2.24) is 0 Å². The molecule has 0 fully saturated rings. The van der Waals surface area contributed by atoms with Gasteiger partial charge in [0.25, 0.3) is 11.8 Å². The van der Waals surface area contributed by atoms with Gasteiger partial charge in [-0.1, -0.05) is 35.3 Å². The molecular weight excluding hydrogens is 451 g/mol. The second kappa shape index (κ2) is 10.9. The predicted octanol–water partition coefficient (Wildman–Crippen LogP) is 6.30. The maximum absolute atomic E-state index is 13.0. The van der Waals surface area contributed by atoms with Gasteiger partial charge in [-0.15, -0.1) is 0 Å². The van der Waals surface area contributed by atoms with Crippen LogP contribution in [0.5, 0.6) is 11.5 Å². The lowest BCUT2D eigenvalue weighted by atomic mass is 10.1. The molecule has 0 aliphatic carbocycles. The lowest BCUT2D eigenvalue weighted by molar-refractivity contribution is 0.101. The highest BCUT2D eigenvalue weighted by molar-refractivity contribution is 6.31. The van der Waals surface area contributed by atoms with Crippen molar-refractivity contribution in [2.45, 2.75) is 13.8 Å². The van der Waals surface area contributed by atoms with E-state index in [1.165, 1.54) is 12.1 Å². The first kappa shape index (κ1) is 23.4. The van der Waals surface area contributed by atoms with Crippen molar-refractivity contribution in [3.05, 3.63) is 81.8 Å². The van der Waals surface area contributed by atoms with Crippen molar-refractivity contribution < 1.29 is 19.1 Å². The Kier molecular flexibility index (Phi) is 7.98. The number of carbonyl (C=O) groups is 2. The second-order valence-electron chi connectivity index (χ2n) is 6.60. The summed E-state index contributed by atoms with van der Waals surface area (Å²) in [5, 5.41) is 6.44. The lowest BCUT2D eigenvalue weighted by Crippen LogP contribution is -2.18. The van der Waals surface area contributed by atoms with Crippen LogP contribution in [-0.4, -0.2) is 25.0 Å². The molecule has 0 unspecified atom stereocenters. The first-order chi connectivity index (χ1) is 15.4. The molecule has 3 rings (SSSR count). The predicted molar refractivity (Wildman–Crippen MR) is 128 cm³/mol. The fourth-order valence-electron chi connectivity index (χ4n) is 3.00. The fraction of sp³-hybridized carbons (Fsp3) is 0.167. The Balaban J connectivity index is 1.86. The molecule has 0 bridgehead atoms. The van der Waals surface area contributed by atoms with Crippen LogP contribution in [0.25, 0.3) is 0 Å². The topological polar surface area (TPSA) is 76.7 Å². The average molecular weight is 473 g/mol. The zero-order valence-electron chi connectivity index (χ0n) is 17.6. The number of hydrogen-bond acceptors (Lipinski definition) is 4. The summed E-state index contributed by atoms with van der Waals surface area (Å²) in [4.78, 5) is 25.9. The zero-order chi connectivity index (χ0) is 23.1. The minimum absolute atomic E-state index is 0.286. The van der Waals surface area contributed by atoms with E-state index in [2.05, 4.69) is 10.6 Å². The van der Waals surface area contributed by atoms with E-state index in [-0.39, 0.29) is 11.1 Å². The Morgan fingerprint density at radius 2 is 1.12 bits per heavy atom. The van der Waals surface area contributed by atoms with Crippen LogP contribution in [0, 0.1) is 0 Å². The number of nitrogens with one attached hydrogen (secondary N) is 2. The second-order valence-corrected chi connectivity index (χ2v) is 7.47. The number of amides is 2. The molecule has 0 atom stereocenters. The first-order valence-corrected chi connectivity index (χ1v) is 10.7. The Morgan fingerprint density at radius 3 is 1.50 bits per heavy atom. The number of carbonyl (C=O) groups excluding carboxylic acids is 2. The van der Waals surface area contributed by atoms with E-state index in [0.29, 0.717) is 46.1 Å². The number of anilines is 2. The summed E-state index contributed by atoms with van der Waals surface area (Å²) in [5.41, 5.74) is 1.39.